The molecule has 4 heteroatoms. The van der Waals surface area contributed by atoms with Gasteiger partial charge in [-0.3, -0.25) is 4.79 Å². The third kappa shape index (κ3) is 4.17. The van der Waals surface area contributed by atoms with Gasteiger partial charge in [0.2, 0.25) is 0 Å². The SMILES string of the molecule is CCc1ccc(C(NCCCO)C(=O)O)cc1. The lowest BCUT2D eigenvalue weighted by molar-refractivity contribution is -0.139. The molecule has 3 N–H and O–H groups in total. The Labute approximate surface area is 101 Å². The van der Waals surface area contributed by atoms with E-state index in [4.69, 9.17) is 10.2 Å². The molecule has 1 aromatic carbocycles. The Morgan fingerprint density at radius 3 is 2.47 bits per heavy atom. The smallest absolute Gasteiger partial charge is 0.325 e. The normalized spacial score (nSPS) is 12.4. The Kier molecular flexibility index (Phi) is 5.66. The van der Waals surface area contributed by atoms with E-state index in [0.717, 1.165) is 12.0 Å². The molecule has 1 aromatic rings. The summed E-state index contributed by atoms with van der Waals surface area (Å²) in [5.41, 5.74) is 1.93. The first-order valence-corrected chi connectivity index (χ1v) is 5.85. The first-order valence-electron chi connectivity index (χ1n) is 5.85. The topological polar surface area (TPSA) is 69.6 Å². The molecule has 94 valence electrons. The van der Waals surface area contributed by atoms with E-state index in [1.807, 2.05) is 24.3 Å². The van der Waals surface area contributed by atoms with Gasteiger partial charge in [-0.25, -0.2) is 0 Å². The van der Waals surface area contributed by atoms with Gasteiger partial charge in [0, 0.05) is 6.61 Å². The summed E-state index contributed by atoms with van der Waals surface area (Å²) in [5.74, 6) is -0.896. The Morgan fingerprint density at radius 1 is 1.35 bits per heavy atom. The summed E-state index contributed by atoms with van der Waals surface area (Å²) in [7, 11) is 0. The maximum absolute atomic E-state index is 11.1. The summed E-state index contributed by atoms with van der Waals surface area (Å²) >= 11 is 0. The highest BCUT2D eigenvalue weighted by Crippen LogP contribution is 2.14. The number of aliphatic hydroxyl groups excluding tert-OH is 1. The summed E-state index contributed by atoms with van der Waals surface area (Å²) in [5, 5.41) is 20.7. The Balaban J connectivity index is 2.71. The zero-order valence-corrected chi connectivity index (χ0v) is 10.0. The van der Waals surface area contributed by atoms with Crippen LogP contribution in [0.5, 0.6) is 0 Å². The van der Waals surface area contributed by atoms with Crippen molar-refractivity contribution in [2.75, 3.05) is 13.2 Å². The number of nitrogens with one attached hydrogen (secondary N) is 1. The fourth-order valence-corrected chi connectivity index (χ4v) is 1.62. The number of benzene rings is 1. The number of carboxylic acids is 1. The minimum atomic E-state index is -0.896. The largest absolute Gasteiger partial charge is 0.480 e. The quantitative estimate of drug-likeness (QED) is 0.626. The number of carboxylic acid groups (broad SMARTS) is 1. The van der Waals surface area contributed by atoms with Gasteiger partial charge < -0.3 is 15.5 Å². The third-order valence-corrected chi connectivity index (χ3v) is 2.65. The molecule has 0 amide bonds. The number of hydrogen-bond acceptors (Lipinski definition) is 3. The van der Waals surface area contributed by atoms with E-state index in [9.17, 15) is 4.79 Å². The summed E-state index contributed by atoms with van der Waals surface area (Å²) in [6, 6.07) is 6.86. The highest BCUT2D eigenvalue weighted by molar-refractivity contribution is 5.75. The van der Waals surface area contributed by atoms with Crippen LogP contribution in [0.4, 0.5) is 0 Å². The first-order chi connectivity index (χ1) is 8.19. The molecule has 17 heavy (non-hydrogen) atoms. The van der Waals surface area contributed by atoms with Crippen LogP contribution in [0.1, 0.15) is 30.5 Å². The molecule has 0 aliphatic rings. The van der Waals surface area contributed by atoms with Gasteiger partial charge in [-0.05, 0) is 30.5 Å². The number of aliphatic hydroxyl groups is 1. The van der Waals surface area contributed by atoms with Crippen LogP contribution in [-0.2, 0) is 11.2 Å². The van der Waals surface area contributed by atoms with Crippen LogP contribution in [-0.4, -0.2) is 29.3 Å². The average Bonchev–Trinajstić information content (AvgIpc) is 2.34. The van der Waals surface area contributed by atoms with Gasteiger partial charge in [0.05, 0.1) is 0 Å². The van der Waals surface area contributed by atoms with Gasteiger partial charge in [0.1, 0.15) is 6.04 Å². The zero-order chi connectivity index (χ0) is 12.7. The van der Waals surface area contributed by atoms with Crippen LogP contribution in [0.2, 0.25) is 0 Å². The van der Waals surface area contributed by atoms with E-state index in [0.29, 0.717) is 13.0 Å². The molecule has 1 unspecified atom stereocenters. The number of rotatable bonds is 7. The highest BCUT2D eigenvalue weighted by Gasteiger charge is 2.18. The monoisotopic (exact) mass is 237 g/mol. The fraction of sp³-hybridized carbons (Fsp3) is 0.462. The van der Waals surface area contributed by atoms with Crippen LogP contribution in [0.25, 0.3) is 0 Å². The van der Waals surface area contributed by atoms with E-state index in [-0.39, 0.29) is 6.61 Å². The Hall–Kier alpha value is -1.39. The first kappa shape index (κ1) is 13.7. The molecule has 1 rings (SSSR count). The van der Waals surface area contributed by atoms with E-state index < -0.39 is 12.0 Å². The molecule has 0 aliphatic carbocycles. The minimum Gasteiger partial charge on any atom is -0.480 e. The second-order valence-corrected chi connectivity index (χ2v) is 3.90. The summed E-state index contributed by atoms with van der Waals surface area (Å²) < 4.78 is 0. The predicted octanol–water partition coefficient (Wildman–Crippen LogP) is 1.35. The molecule has 0 aliphatic heterocycles. The van der Waals surface area contributed by atoms with Crippen LogP contribution in [0.3, 0.4) is 0 Å². The lowest BCUT2D eigenvalue weighted by Crippen LogP contribution is -2.29. The molecule has 0 fully saturated rings. The molecule has 0 aromatic heterocycles. The van der Waals surface area contributed by atoms with Crippen molar-refractivity contribution in [2.45, 2.75) is 25.8 Å². The van der Waals surface area contributed by atoms with Gasteiger partial charge in [0.15, 0.2) is 0 Å². The minimum absolute atomic E-state index is 0.0636. The van der Waals surface area contributed by atoms with Crippen molar-refractivity contribution >= 4 is 5.97 Å². The number of hydrogen-bond donors (Lipinski definition) is 3. The molecule has 0 saturated heterocycles. The molecule has 0 saturated carbocycles. The molecular formula is C13H19NO3. The van der Waals surface area contributed by atoms with Crippen molar-refractivity contribution in [3.8, 4) is 0 Å². The fourth-order valence-electron chi connectivity index (χ4n) is 1.62. The lowest BCUT2D eigenvalue weighted by Gasteiger charge is -2.14. The lowest BCUT2D eigenvalue weighted by atomic mass is 10.0. The molecule has 0 spiro atoms. The van der Waals surface area contributed by atoms with Crippen molar-refractivity contribution in [3.63, 3.8) is 0 Å². The van der Waals surface area contributed by atoms with Gasteiger partial charge in [-0.15, -0.1) is 0 Å². The summed E-state index contributed by atoms with van der Waals surface area (Å²) in [4.78, 5) is 11.1. The van der Waals surface area contributed by atoms with Gasteiger partial charge in [0.25, 0.3) is 0 Å². The van der Waals surface area contributed by atoms with E-state index in [2.05, 4.69) is 12.2 Å². The molecule has 1 atom stereocenters. The molecule has 0 heterocycles. The molecular weight excluding hydrogens is 218 g/mol. The molecule has 0 radical (unpaired) electrons. The van der Waals surface area contributed by atoms with Gasteiger partial charge >= 0.3 is 5.97 Å². The van der Waals surface area contributed by atoms with Crippen LogP contribution < -0.4 is 5.32 Å². The number of aryl methyl sites for hydroxylation is 1. The second-order valence-electron chi connectivity index (χ2n) is 3.90. The van der Waals surface area contributed by atoms with E-state index in [1.165, 1.54) is 5.56 Å². The maximum Gasteiger partial charge on any atom is 0.325 e. The van der Waals surface area contributed by atoms with Crippen molar-refractivity contribution in [3.05, 3.63) is 35.4 Å². The van der Waals surface area contributed by atoms with Crippen LogP contribution in [0.15, 0.2) is 24.3 Å². The molecule has 0 bridgehead atoms. The Morgan fingerprint density at radius 2 is 2.00 bits per heavy atom. The Bertz CT molecular complexity index is 348. The third-order valence-electron chi connectivity index (χ3n) is 2.65. The van der Waals surface area contributed by atoms with E-state index in [1.54, 1.807) is 0 Å². The number of aliphatic carboxylic acids is 1. The van der Waals surface area contributed by atoms with Crippen molar-refractivity contribution in [2.24, 2.45) is 0 Å². The van der Waals surface area contributed by atoms with E-state index >= 15 is 0 Å². The summed E-state index contributed by atoms with van der Waals surface area (Å²) in [6.07, 6.45) is 1.49. The van der Waals surface area contributed by atoms with Crippen molar-refractivity contribution in [1.29, 1.82) is 0 Å². The average molecular weight is 237 g/mol. The highest BCUT2D eigenvalue weighted by atomic mass is 16.4. The van der Waals surface area contributed by atoms with Gasteiger partial charge in [-0.1, -0.05) is 31.2 Å². The van der Waals surface area contributed by atoms with Crippen molar-refractivity contribution in [1.82, 2.24) is 5.32 Å². The predicted molar refractivity (Wildman–Crippen MR) is 65.9 cm³/mol. The standard InChI is InChI=1S/C13H19NO3/c1-2-10-4-6-11(7-5-10)12(13(16)17)14-8-3-9-15/h4-7,12,14-15H,2-3,8-9H2,1H3,(H,16,17). The van der Waals surface area contributed by atoms with Crippen LogP contribution >= 0.6 is 0 Å². The van der Waals surface area contributed by atoms with Crippen molar-refractivity contribution < 1.29 is 15.0 Å². The molecule has 4 nitrogen and oxygen atoms in total. The second kappa shape index (κ2) is 7.04. The number of carbonyl (C=O) groups is 1. The van der Waals surface area contributed by atoms with Crippen LogP contribution in [0, 0.1) is 0 Å². The van der Waals surface area contributed by atoms with Gasteiger partial charge in [-0.2, -0.15) is 0 Å². The maximum atomic E-state index is 11.1. The summed E-state index contributed by atoms with van der Waals surface area (Å²) in [6.45, 7) is 2.61. The zero-order valence-electron chi connectivity index (χ0n) is 10.0.